The third kappa shape index (κ3) is 5.26. The van der Waals surface area contributed by atoms with Crippen molar-refractivity contribution in [1.29, 1.82) is 0 Å². The normalized spacial score (nSPS) is 10.4. The molecule has 0 aliphatic carbocycles. The van der Waals surface area contributed by atoms with Crippen LogP contribution < -0.4 is 0 Å². The summed E-state index contributed by atoms with van der Waals surface area (Å²) in [5, 5.41) is 0. The van der Waals surface area contributed by atoms with Gasteiger partial charge in [0.15, 0.2) is 18.2 Å². The molecule has 0 saturated heterocycles. The van der Waals surface area contributed by atoms with E-state index in [1.807, 2.05) is 18.2 Å². The fourth-order valence-corrected chi connectivity index (χ4v) is 2.96. The number of ketones is 2. The maximum Gasteiger partial charge on any atom is 0.338 e. The van der Waals surface area contributed by atoms with E-state index in [4.69, 9.17) is 4.74 Å². The van der Waals surface area contributed by atoms with E-state index in [1.54, 1.807) is 48.5 Å². The monoisotopic (exact) mass is 386 g/mol. The number of carbonyl (C=O) groups is 3. The van der Waals surface area contributed by atoms with Crippen LogP contribution in [0.2, 0.25) is 0 Å². The lowest BCUT2D eigenvalue weighted by Gasteiger charge is -2.06. The zero-order chi connectivity index (χ0) is 20.6. The van der Waals surface area contributed by atoms with Crippen molar-refractivity contribution in [3.05, 3.63) is 107 Å². The van der Waals surface area contributed by atoms with Gasteiger partial charge in [0.25, 0.3) is 0 Å². The van der Waals surface area contributed by atoms with Gasteiger partial charge in [-0.15, -0.1) is 0 Å². The first kappa shape index (κ1) is 20.2. The van der Waals surface area contributed by atoms with Crippen molar-refractivity contribution in [2.45, 2.75) is 19.8 Å². The molecule has 146 valence electrons. The van der Waals surface area contributed by atoms with Crippen LogP contribution in [0, 0.1) is 0 Å². The predicted molar refractivity (Wildman–Crippen MR) is 111 cm³/mol. The van der Waals surface area contributed by atoms with Gasteiger partial charge in [-0.2, -0.15) is 0 Å². The van der Waals surface area contributed by atoms with Crippen molar-refractivity contribution in [3.63, 3.8) is 0 Å². The molecule has 0 atom stereocenters. The highest BCUT2D eigenvalue weighted by Crippen LogP contribution is 2.13. The predicted octanol–water partition coefficient (Wildman–Crippen LogP) is 4.91. The zero-order valence-electron chi connectivity index (χ0n) is 16.3. The van der Waals surface area contributed by atoms with Crippen LogP contribution in [0.4, 0.5) is 0 Å². The summed E-state index contributed by atoms with van der Waals surface area (Å²) in [6.45, 7) is 1.78. The molecule has 4 nitrogen and oxygen atoms in total. The van der Waals surface area contributed by atoms with Crippen LogP contribution in [0.5, 0.6) is 0 Å². The molecule has 0 radical (unpaired) electrons. The van der Waals surface area contributed by atoms with Crippen molar-refractivity contribution in [2.24, 2.45) is 0 Å². The van der Waals surface area contributed by atoms with Crippen molar-refractivity contribution in [1.82, 2.24) is 0 Å². The van der Waals surface area contributed by atoms with Crippen LogP contribution in [0.3, 0.4) is 0 Å². The van der Waals surface area contributed by atoms with E-state index < -0.39 is 5.97 Å². The summed E-state index contributed by atoms with van der Waals surface area (Å²) in [4.78, 5) is 36.8. The van der Waals surface area contributed by atoms with E-state index in [2.05, 4.69) is 6.92 Å². The minimum absolute atomic E-state index is 0.118. The largest absolute Gasteiger partial charge is 0.454 e. The lowest BCUT2D eigenvalue weighted by atomic mass is 10.0. The Hall–Kier alpha value is -3.53. The molecule has 3 rings (SSSR count). The van der Waals surface area contributed by atoms with E-state index in [0.29, 0.717) is 22.3 Å². The summed E-state index contributed by atoms with van der Waals surface area (Å²) in [5.41, 5.74) is 3.04. The van der Waals surface area contributed by atoms with E-state index >= 15 is 0 Å². The molecule has 3 aromatic rings. The Morgan fingerprint density at radius 2 is 1.24 bits per heavy atom. The van der Waals surface area contributed by atoms with Gasteiger partial charge in [0, 0.05) is 16.7 Å². The Bertz CT molecular complexity index is 987. The molecule has 0 amide bonds. The van der Waals surface area contributed by atoms with Gasteiger partial charge in [0.05, 0.1) is 5.56 Å². The Balaban J connectivity index is 1.58. The maximum atomic E-state index is 12.4. The Labute approximate surface area is 170 Å². The molecule has 3 aromatic carbocycles. The van der Waals surface area contributed by atoms with Crippen LogP contribution >= 0.6 is 0 Å². The second-order valence-electron chi connectivity index (χ2n) is 6.72. The van der Waals surface area contributed by atoms with E-state index in [-0.39, 0.29) is 18.2 Å². The van der Waals surface area contributed by atoms with Crippen molar-refractivity contribution < 1.29 is 19.1 Å². The smallest absolute Gasteiger partial charge is 0.338 e. The molecular formula is C25H22O4. The number of Topliss-reactive ketones (excluding diaryl/α,β-unsaturated/α-hetero) is 1. The number of rotatable bonds is 8. The number of aryl methyl sites for hydroxylation is 1. The summed E-state index contributed by atoms with van der Waals surface area (Å²) >= 11 is 0. The van der Waals surface area contributed by atoms with Crippen molar-refractivity contribution in [2.75, 3.05) is 6.61 Å². The molecule has 0 N–H and O–H groups in total. The Kier molecular flexibility index (Phi) is 6.69. The number of carbonyl (C=O) groups excluding carboxylic acids is 3. The van der Waals surface area contributed by atoms with E-state index in [1.165, 1.54) is 17.7 Å². The van der Waals surface area contributed by atoms with Gasteiger partial charge < -0.3 is 4.74 Å². The number of ether oxygens (including phenoxy) is 1. The van der Waals surface area contributed by atoms with Gasteiger partial charge >= 0.3 is 5.97 Å². The number of hydrogen-bond acceptors (Lipinski definition) is 4. The number of benzene rings is 3. The molecular weight excluding hydrogens is 364 g/mol. The van der Waals surface area contributed by atoms with Crippen LogP contribution in [-0.4, -0.2) is 24.1 Å². The van der Waals surface area contributed by atoms with Gasteiger partial charge in [-0.1, -0.05) is 80.1 Å². The SMILES string of the molecule is CCCc1ccc(C(=O)COC(=O)c2ccc(C(=O)c3ccccc3)cc2)cc1. The molecule has 4 heteroatoms. The summed E-state index contributed by atoms with van der Waals surface area (Å²) in [5.74, 6) is -0.968. The lowest BCUT2D eigenvalue weighted by molar-refractivity contribution is 0.0474. The number of hydrogen-bond donors (Lipinski definition) is 0. The fraction of sp³-hybridized carbons (Fsp3) is 0.160. The van der Waals surface area contributed by atoms with Crippen LogP contribution in [-0.2, 0) is 11.2 Å². The van der Waals surface area contributed by atoms with Crippen molar-refractivity contribution in [3.8, 4) is 0 Å². The molecule has 0 saturated carbocycles. The molecule has 0 spiro atoms. The summed E-state index contributed by atoms with van der Waals surface area (Å²) in [6, 6.07) is 22.5. The molecule has 0 unspecified atom stereocenters. The van der Waals surface area contributed by atoms with Gasteiger partial charge in [-0.05, 0) is 24.1 Å². The second-order valence-corrected chi connectivity index (χ2v) is 6.72. The summed E-state index contributed by atoms with van der Waals surface area (Å²) in [7, 11) is 0. The molecule has 29 heavy (non-hydrogen) atoms. The standard InChI is InChI=1S/C25H22O4/c1-2-6-18-9-11-19(12-10-18)23(26)17-29-25(28)22-15-13-21(14-16-22)24(27)20-7-4-3-5-8-20/h3-5,7-16H,2,6,17H2,1H3. The second kappa shape index (κ2) is 9.60. The zero-order valence-corrected chi connectivity index (χ0v) is 16.3. The van der Waals surface area contributed by atoms with Gasteiger partial charge in [0.1, 0.15) is 0 Å². The van der Waals surface area contributed by atoms with Gasteiger partial charge in [-0.3, -0.25) is 9.59 Å². The van der Waals surface area contributed by atoms with E-state index in [9.17, 15) is 14.4 Å². The van der Waals surface area contributed by atoms with Crippen LogP contribution in [0.1, 0.15) is 55.5 Å². The molecule has 0 aromatic heterocycles. The minimum Gasteiger partial charge on any atom is -0.454 e. The highest BCUT2D eigenvalue weighted by atomic mass is 16.5. The fourth-order valence-electron chi connectivity index (χ4n) is 2.96. The number of esters is 1. The summed E-state index contributed by atoms with van der Waals surface area (Å²) < 4.78 is 5.13. The van der Waals surface area contributed by atoms with Crippen LogP contribution in [0.25, 0.3) is 0 Å². The minimum atomic E-state index is -0.598. The quantitative estimate of drug-likeness (QED) is 0.408. The van der Waals surface area contributed by atoms with E-state index in [0.717, 1.165) is 12.8 Å². The first-order valence-corrected chi connectivity index (χ1v) is 9.57. The highest BCUT2D eigenvalue weighted by Gasteiger charge is 2.14. The molecule has 0 fully saturated rings. The Morgan fingerprint density at radius 1 is 0.690 bits per heavy atom. The third-order valence-corrected chi connectivity index (χ3v) is 4.57. The molecule has 0 bridgehead atoms. The van der Waals surface area contributed by atoms with Gasteiger partial charge in [0.2, 0.25) is 0 Å². The third-order valence-electron chi connectivity index (χ3n) is 4.57. The molecule has 0 aliphatic rings. The molecule has 0 aliphatic heterocycles. The topological polar surface area (TPSA) is 60.4 Å². The maximum absolute atomic E-state index is 12.4. The molecule has 0 heterocycles. The Morgan fingerprint density at radius 3 is 1.86 bits per heavy atom. The first-order chi connectivity index (χ1) is 14.1. The first-order valence-electron chi connectivity index (χ1n) is 9.57. The van der Waals surface area contributed by atoms with Crippen molar-refractivity contribution >= 4 is 17.5 Å². The lowest BCUT2D eigenvalue weighted by Crippen LogP contribution is -2.14. The van der Waals surface area contributed by atoms with Crippen LogP contribution in [0.15, 0.2) is 78.9 Å². The average Bonchev–Trinajstić information content (AvgIpc) is 2.78. The average molecular weight is 386 g/mol. The summed E-state index contributed by atoms with van der Waals surface area (Å²) in [6.07, 6.45) is 2.01. The van der Waals surface area contributed by atoms with Gasteiger partial charge in [-0.25, -0.2) is 4.79 Å². The highest BCUT2D eigenvalue weighted by molar-refractivity contribution is 6.09.